The third-order valence-electron chi connectivity index (χ3n) is 5.34. The Kier molecular flexibility index (Phi) is 8.62. The number of hydrogen-bond acceptors (Lipinski definition) is 3. The Balaban J connectivity index is 1.41. The van der Waals surface area contributed by atoms with E-state index in [0.29, 0.717) is 11.8 Å². The number of carbonyl (C=O) groups is 1. The summed E-state index contributed by atoms with van der Waals surface area (Å²) in [7, 11) is -0.330. The number of halogens is 4. The zero-order valence-corrected chi connectivity index (χ0v) is 21.8. The monoisotopic (exact) mass is 551 g/mol. The summed E-state index contributed by atoms with van der Waals surface area (Å²) in [6.45, 7) is 2.39. The predicted octanol–water partition coefficient (Wildman–Crippen LogP) is 7.09. The number of esters is 1. The molecule has 198 valence electrons. The van der Waals surface area contributed by atoms with E-state index in [0.717, 1.165) is 14.7 Å². The van der Waals surface area contributed by atoms with Gasteiger partial charge in [0.15, 0.2) is 50.2 Å². The van der Waals surface area contributed by atoms with Gasteiger partial charge in [0.25, 0.3) is 0 Å². The van der Waals surface area contributed by atoms with Crippen LogP contribution in [0.3, 0.4) is 0 Å². The normalized spacial score (nSPS) is 11.1. The predicted molar refractivity (Wildman–Crippen MR) is 140 cm³/mol. The molecule has 39 heavy (non-hydrogen) atoms. The van der Waals surface area contributed by atoms with Gasteiger partial charge in [0.2, 0.25) is 0 Å². The smallest absolute Gasteiger partial charge is 0.345 e. The Morgan fingerprint density at radius 1 is 0.769 bits per heavy atom. The Morgan fingerprint density at radius 3 is 1.87 bits per heavy atom. The molecular formula is C31H23F4O3S+. The molecule has 0 atom stereocenters. The highest BCUT2D eigenvalue weighted by molar-refractivity contribution is 7.97. The molecule has 0 saturated carbocycles. The molecule has 0 aromatic heterocycles. The maximum atomic E-state index is 13.8. The van der Waals surface area contributed by atoms with Crippen molar-refractivity contribution in [2.24, 2.45) is 0 Å². The van der Waals surface area contributed by atoms with Gasteiger partial charge in [0.1, 0.15) is 5.75 Å². The minimum atomic E-state index is -1.96. The van der Waals surface area contributed by atoms with Crippen molar-refractivity contribution in [2.45, 2.75) is 34.1 Å². The van der Waals surface area contributed by atoms with Gasteiger partial charge in [-0.25, -0.2) is 22.4 Å². The Morgan fingerprint density at radius 2 is 1.31 bits per heavy atom. The van der Waals surface area contributed by atoms with Crippen LogP contribution in [0.1, 0.15) is 19.4 Å². The highest BCUT2D eigenvalue weighted by Crippen LogP contribution is 2.32. The molecule has 0 aliphatic carbocycles. The zero-order chi connectivity index (χ0) is 28.0. The quantitative estimate of drug-likeness (QED) is 0.0615. The molecule has 0 unspecified atom stereocenters. The van der Waals surface area contributed by atoms with Crippen molar-refractivity contribution in [3.05, 3.63) is 120 Å². The van der Waals surface area contributed by atoms with Crippen molar-refractivity contribution in [2.75, 3.05) is 6.61 Å². The number of carbonyl (C=O) groups excluding carboxylic acids is 1. The molecule has 0 saturated heterocycles. The molecule has 4 rings (SSSR count). The van der Waals surface area contributed by atoms with Gasteiger partial charge < -0.3 is 9.47 Å². The molecule has 0 N–H and O–H groups in total. The first-order chi connectivity index (χ1) is 18.6. The maximum Gasteiger partial charge on any atom is 0.345 e. The molecule has 0 amide bonds. The van der Waals surface area contributed by atoms with Gasteiger partial charge in [-0.2, -0.15) is 0 Å². The molecule has 8 heteroatoms. The van der Waals surface area contributed by atoms with Gasteiger partial charge in [-0.05, 0) is 68.4 Å². The highest BCUT2D eigenvalue weighted by atomic mass is 32.2. The largest absolute Gasteiger partial charge is 0.482 e. The number of benzene rings is 4. The van der Waals surface area contributed by atoms with Crippen LogP contribution in [0.25, 0.3) is 0 Å². The number of rotatable bonds is 7. The van der Waals surface area contributed by atoms with Gasteiger partial charge in [0.05, 0.1) is 16.5 Å². The average Bonchev–Trinajstić information content (AvgIpc) is 2.94. The third-order valence-corrected chi connectivity index (χ3v) is 7.57. The van der Waals surface area contributed by atoms with Crippen LogP contribution in [0, 0.1) is 35.1 Å². The first kappa shape index (κ1) is 27.8. The Bertz CT molecular complexity index is 1470. The van der Waals surface area contributed by atoms with Gasteiger partial charge in [-0.3, -0.25) is 0 Å². The van der Waals surface area contributed by atoms with E-state index >= 15 is 0 Å². The van der Waals surface area contributed by atoms with Crippen molar-refractivity contribution in [3.63, 3.8) is 0 Å². The van der Waals surface area contributed by atoms with E-state index in [1.165, 1.54) is 13.8 Å². The topological polar surface area (TPSA) is 35.5 Å². The van der Waals surface area contributed by atoms with Crippen LogP contribution in [-0.2, 0) is 20.4 Å². The lowest BCUT2D eigenvalue weighted by Gasteiger charge is -2.19. The Hall–Kier alpha value is -4.22. The molecule has 0 bridgehead atoms. The summed E-state index contributed by atoms with van der Waals surface area (Å²) < 4.78 is 64.6. The highest BCUT2D eigenvalue weighted by Gasteiger charge is 2.28. The standard InChI is InChI=1S/C31H23F4O3S/c1-31(2,18-17-21-19-26(32)29(34)30(35)28(21)33)38-27(36)20-37-22-13-15-25(16-14-22)39(23-9-5-3-6-10-23)24-11-7-4-8-12-24/h3-16,19H,20H2,1-2H3/q+1. The summed E-state index contributed by atoms with van der Waals surface area (Å²) in [6.07, 6.45) is 0. The van der Waals surface area contributed by atoms with E-state index in [4.69, 9.17) is 9.47 Å². The van der Waals surface area contributed by atoms with E-state index in [1.54, 1.807) is 12.1 Å². The SMILES string of the molecule is CC(C)(C#Cc1cc(F)c(F)c(F)c1F)OC(=O)COc1ccc([S+](c2ccccc2)c2ccccc2)cc1. The summed E-state index contributed by atoms with van der Waals surface area (Å²) >= 11 is 0. The van der Waals surface area contributed by atoms with Crippen molar-refractivity contribution in [1.29, 1.82) is 0 Å². The Labute approximate surface area is 226 Å². The lowest BCUT2D eigenvalue weighted by atomic mass is 10.1. The number of hydrogen-bond donors (Lipinski definition) is 0. The second kappa shape index (κ2) is 12.1. The summed E-state index contributed by atoms with van der Waals surface area (Å²) in [5, 5.41) is 0. The first-order valence-corrected chi connectivity index (χ1v) is 13.0. The molecule has 0 aliphatic rings. The van der Waals surface area contributed by atoms with Crippen LogP contribution in [0.4, 0.5) is 17.6 Å². The third kappa shape index (κ3) is 7.01. The molecule has 0 aliphatic heterocycles. The molecular weight excluding hydrogens is 528 g/mol. The van der Waals surface area contributed by atoms with E-state index in [2.05, 4.69) is 36.1 Å². The van der Waals surface area contributed by atoms with Crippen molar-refractivity contribution in [3.8, 4) is 17.6 Å². The second-order valence-corrected chi connectivity index (χ2v) is 10.8. The van der Waals surface area contributed by atoms with Crippen LogP contribution in [-0.4, -0.2) is 18.2 Å². The van der Waals surface area contributed by atoms with Crippen LogP contribution < -0.4 is 4.74 Å². The first-order valence-electron chi connectivity index (χ1n) is 11.8. The van der Waals surface area contributed by atoms with E-state index in [-0.39, 0.29) is 10.9 Å². The van der Waals surface area contributed by atoms with Crippen LogP contribution in [0.2, 0.25) is 0 Å². The second-order valence-electron chi connectivity index (χ2n) is 8.77. The fraction of sp³-hybridized carbons (Fsp3) is 0.129. The lowest BCUT2D eigenvalue weighted by Crippen LogP contribution is -2.29. The van der Waals surface area contributed by atoms with Crippen molar-refractivity contribution in [1.82, 2.24) is 0 Å². The van der Waals surface area contributed by atoms with Gasteiger partial charge in [-0.15, -0.1) is 0 Å². The minimum Gasteiger partial charge on any atom is -0.482 e. The van der Waals surface area contributed by atoms with Gasteiger partial charge in [-0.1, -0.05) is 48.2 Å². The summed E-state index contributed by atoms with van der Waals surface area (Å²) in [6, 6.07) is 28.1. The summed E-state index contributed by atoms with van der Waals surface area (Å²) in [5.41, 5.74) is -2.14. The molecule has 3 nitrogen and oxygen atoms in total. The molecule has 4 aromatic rings. The van der Waals surface area contributed by atoms with Crippen LogP contribution in [0.15, 0.2) is 106 Å². The van der Waals surface area contributed by atoms with Crippen molar-refractivity contribution < 1.29 is 31.8 Å². The molecule has 0 fully saturated rings. The van der Waals surface area contributed by atoms with Crippen LogP contribution in [0.5, 0.6) is 5.75 Å². The fourth-order valence-electron chi connectivity index (χ4n) is 3.56. The fourth-order valence-corrected chi connectivity index (χ4v) is 5.64. The van der Waals surface area contributed by atoms with Crippen molar-refractivity contribution >= 4 is 16.9 Å². The molecule has 4 aromatic carbocycles. The molecule has 0 spiro atoms. The number of ether oxygens (including phenoxy) is 2. The van der Waals surface area contributed by atoms with E-state index in [9.17, 15) is 22.4 Å². The summed E-state index contributed by atoms with van der Waals surface area (Å²) in [4.78, 5) is 15.7. The maximum absolute atomic E-state index is 13.8. The van der Waals surface area contributed by atoms with Crippen LogP contribution >= 0.6 is 0 Å². The van der Waals surface area contributed by atoms with E-state index in [1.807, 2.05) is 48.5 Å². The zero-order valence-electron chi connectivity index (χ0n) is 21.0. The molecule has 0 radical (unpaired) electrons. The average molecular weight is 552 g/mol. The van der Waals surface area contributed by atoms with Gasteiger partial charge in [0, 0.05) is 0 Å². The molecule has 0 heterocycles. The summed E-state index contributed by atoms with van der Waals surface area (Å²) in [5.74, 6) is -2.78. The van der Waals surface area contributed by atoms with Gasteiger partial charge >= 0.3 is 5.97 Å². The minimum absolute atomic E-state index is 0.330. The van der Waals surface area contributed by atoms with E-state index < -0.39 is 47.0 Å². The lowest BCUT2D eigenvalue weighted by molar-refractivity contribution is -0.154.